The summed E-state index contributed by atoms with van der Waals surface area (Å²) in [5.41, 5.74) is 0. The van der Waals surface area contributed by atoms with E-state index >= 15 is 0 Å². The molecule has 0 saturated carbocycles. The topological polar surface area (TPSA) is 83.5 Å². The van der Waals surface area contributed by atoms with Crippen molar-refractivity contribution in [3.63, 3.8) is 0 Å². The summed E-state index contributed by atoms with van der Waals surface area (Å²) in [4.78, 5) is 20.3. The molecule has 0 aromatic carbocycles. The molecule has 9 heteroatoms. The standard InChI is InChI=1S/C15H20N6O2S/c1-20(15-16-5-8-24-15)14(22)11-21-6-7-23-12(10-21)9-17-13-3-2-4-18-19-13/h2-5,8,12H,6-7,9-11H2,1H3,(H,17,19). The Bertz CT molecular complexity index is 639. The zero-order chi connectivity index (χ0) is 16.8. The molecule has 0 aliphatic carbocycles. The molecular formula is C15H20N6O2S. The second-order valence-electron chi connectivity index (χ2n) is 5.49. The lowest BCUT2D eigenvalue weighted by atomic mass is 10.2. The van der Waals surface area contributed by atoms with Gasteiger partial charge in [0.25, 0.3) is 0 Å². The van der Waals surface area contributed by atoms with Crippen LogP contribution in [0.5, 0.6) is 0 Å². The highest BCUT2D eigenvalue weighted by Gasteiger charge is 2.24. The van der Waals surface area contributed by atoms with Crippen LogP contribution in [0, 0.1) is 0 Å². The lowest BCUT2D eigenvalue weighted by Crippen LogP contribution is -2.49. The molecule has 3 rings (SSSR count). The molecule has 128 valence electrons. The number of likely N-dealkylation sites (N-methyl/N-ethyl adjacent to an activating group) is 1. The number of anilines is 2. The number of rotatable bonds is 6. The Balaban J connectivity index is 1.47. The van der Waals surface area contributed by atoms with Gasteiger partial charge in [-0.15, -0.1) is 16.4 Å². The van der Waals surface area contributed by atoms with Crippen LogP contribution in [0.2, 0.25) is 0 Å². The quantitative estimate of drug-likeness (QED) is 0.823. The van der Waals surface area contributed by atoms with E-state index in [4.69, 9.17) is 4.74 Å². The molecule has 2 aromatic rings. The van der Waals surface area contributed by atoms with Crippen molar-refractivity contribution in [2.45, 2.75) is 6.10 Å². The Morgan fingerprint density at radius 3 is 3.21 bits per heavy atom. The Labute approximate surface area is 144 Å². The van der Waals surface area contributed by atoms with Gasteiger partial charge in [0.15, 0.2) is 5.13 Å². The number of hydrogen-bond donors (Lipinski definition) is 1. The van der Waals surface area contributed by atoms with Crippen molar-refractivity contribution in [3.05, 3.63) is 29.9 Å². The van der Waals surface area contributed by atoms with Gasteiger partial charge in [0.1, 0.15) is 5.82 Å². The third kappa shape index (κ3) is 4.47. The van der Waals surface area contributed by atoms with Gasteiger partial charge >= 0.3 is 0 Å². The third-order valence-corrected chi connectivity index (χ3v) is 4.59. The summed E-state index contributed by atoms with van der Waals surface area (Å²) < 4.78 is 5.76. The minimum atomic E-state index is 0.0127. The van der Waals surface area contributed by atoms with Crippen molar-refractivity contribution in [3.8, 4) is 0 Å². The average Bonchev–Trinajstić information content (AvgIpc) is 3.15. The summed E-state index contributed by atoms with van der Waals surface area (Å²) in [6.07, 6.45) is 3.35. The number of carbonyl (C=O) groups is 1. The normalized spacial score (nSPS) is 18.3. The molecule has 1 N–H and O–H groups in total. The van der Waals surface area contributed by atoms with Gasteiger partial charge in [-0.1, -0.05) is 0 Å². The molecule has 3 heterocycles. The minimum absolute atomic E-state index is 0.0127. The maximum absolute atomic E-state index is 12.4. The number of thiazole rings is 1. The van der Waals surface area contributed by atoms with Crippen molar-refractivity contribution in [1.29, 1.82) is 0 Å². The molecule has 1 unspecified atom stereocenters. The van der Waals surface area contributed by atoms with E-state index in [0.29, 0.717) is 31.4 Å². The number of carbonyl (C=O) groups excluding carboxylic acids is 1. The van der Waals surface area contributed by atoms with E-state index in [-0.39, 0.29) is 12.0 Å². The Kier molecular flexibility index (Phi) is 5.68. The first kappa shape index (κ1) is 16.7. The lowest BCUT2D eigenvalue weighted by Gasteiger charge is -2.33. The number of nitrogens with one attached hydrogen (secondary N) is 1. The predicted octanol–water partition coefficient (Wildman–Crippen LogP) is 0.709. The summed E-state index contributed by atoms with van der Waals surface area (Å²) in [5.74, 6) is 0.755. The van der Waals surface area contributed by atoms with Crippen LogP contribution in [0.25, 0.3) is 0 Å². The highest BCUT2D eigenvalue weighted by atomic mass is 32.1. The molecule has 0 radical (unpaired) electrons. The maximum Gasteiger partial charge on any atom is 0.242 e. The zero-order valence-corrected chi connectivity index (χ0v) is 14.3. The number of ether oxygens (including phenoxy) is 1. The van der Waals surface area contributed by atoms with Gasteiger partial charge in [-0.3, -0.25) is 14.6 Å². The largest absolute Gasteiger partial charge is 0.374 e. The monoisotopic (exact) mass is 348 g/mol. The molecule has 1 saturated heterocycles. The van der Waals surface area contributed by atoms with Crippen LogP contribution in [0.1, 0.15) is 0 Å². The van der Waals surface area contributed by atoms with Crippen molar-refractivity contribution in [1.82, 2.24) is 20.1 Å². The highest BCUT2D eigenvalue weighted by Crippen LogP contribution is 2.16. The van der Waals surface area contributed by atoms with Gasteiger partial charge < -0.3 is 10.1 Å². The Morgan fingerprint density at radius 2 is 2.46 bits per heavy atom. The highest BCUT2D eigenvalue weighted by molar-refractivity contribution is 7.13. The minimum Gasteiger partial charge on any atom is -0.374 e. The van der Waals surface area contributed by atoms with Crippen molar-refractivity contribution < 1.29 is 9.53 Å². The number of amides is 1. The van der Waals surface area contributed by atoms with Crippen molar-refractivity contribution in [2.24, 2.45) is 0 Å². The smallest absolute Gasteiger partial charge is 0.242 e. The third-order valence-electron chi connectivity index (χ3n) is 3.75. The summed E-state index contributed by atoms with van der Waals surface area (Å²) in [6.45, 7) is 3.05. The van der Waals surface area contributed by atoms with Crippen molar-refractivity contribution in [2.75, 3.05) is 50.1 Å². The van der Waals surface area contributed by atoms with Crippen molar-refractivity contribution >= 4 is 28.2 Å². The fourth-order valence-corrected chi connectivity index (χ4v) is 3.07. The first-order valence-corrected chi connectivity index (χ1v) is 8.62. The number of morpholine rings is 1. The molecule has 2 aromatic heterocycles. The molecule has 24 heavy (non-hydrogen) atoms. The van der Waals surface area contributed by atoms with E-state index in [1.54, 1.807) is 24.3 Å². The predicted molar refractivity (Wildman–Crippen MR) is 92.2 cm³/mol. The van der Waals surface area contributed by atoms with Gasteiger partial charge in [0.05, 0.1) is 19.3 Å². The van der Waals surface area contributed by atoms with Gasteiger partial charge in [0.2, 0.25) is 5.91 Å². The second kappa shape index (κ2) is 8.13. The van der Waals surface area contributed by atoms with E-state index in [2.05, 4.69) is 25.4 Å². The molecular weight excluding hydrogens is 328 g/mol. The molecule has 1 aliphatic rings. The van der Waals surface area contributed by atoms with Gasteiger partial charge in [-0.25, -0.2) is 4.98 Å². The van der Waals surface area contributed by atoms with Crippen LogP contribution in [0.15, 0.2) is 29.9 Å². The summed E-state index contributed by atoms with van der Waals surface area (Å²) >= 11 is 1.46. The van der Waals surface area contributed by atoms with Gasteiger partial charge in [0, 0.05) is 44.5 Å². The number of hydrogen-bond acceptors (Lipinski definition) is 8. The lowest BCUT2D eigenvalue weighted by molar-refractivity contribution is -0.121. The molecule has 1 fully saturated rings. The number of aromatic nitrogens is 3. The van der Waals surface area contributed by atoms with Crippen LogP contribution < -0.4 is 10.2 Å². The second-order valence-corrected chi connectivity index (χ2v) is 6.36. The Hall–Kier alpha value is -2.10. The summed E-state index contributed by atoms with van der Waals surface area (Å²) in [5, 5.41) is 13.6. The fourth-order valence-electron chi connectivity index (χ4n) is 2.45. The molecule has 0 bridgehead atoms. The zero-order valence-electron chi connectivity index (χ0n) is 13.5. The van der Waals surface area contributed by atoms with E-state index in [1.165, 1.54) is 11.3 Å². The van der Waals surface area contributed by atoms with Crippen LogP contribution in [0.3, 0.4) is 0 Å². The first-order chi connectivity index (χ1) is 11.7. The first-order valence-electron chi connectivity index (χ1n) is 7.74. The molecule has 1 amide bonds. The van der Waals surface area contributed by atoms with Crippen LogP contribution in [0.4, 0.5) is 10.9 Å². The maximum atomic E-state index is 12.4. The molecule has 1 atom stereocenters. The van der Waals surface area contributed by atoms with Crippen LogP contribution >= 0.6 is 11.3 Å². The summed E-state index contributed by atoms with van der Waals surface area (Å²) in [6, 6.07) is 3.69. The van der Waals surface area contributed by atoms with Crippen LogP contribution in [-0.2, 0) is 9.53 Å². The van der Waals surface area contributed by atoms with E-state index in [0.717, 1.165) is 12.4 Å². The fraction of sp³-hybridized carbons (Fsp3) is 0.467. The number of nitrogens with zero attached hydrogens (tertiary/aromatic N) is 5. The SMILES string of the molecule is CN(C(=O)CN1CCOC(CNc2cccnn2)C1)c1nccs1. The molecule has 1 aliphatic heterocycles. The average molecular weight is 348 g/mol. The van der Waals surface area contributed by atoms with Gasteiger partial charge in [-0.05, 0) is 12.1 Å². The van der Waals surface area contributed by atoms with E-state index in [9.17, 15) is 4.79 Å². The Morgan fingerprint density at radius 1 is 1.54 bits per heavy atom. The van der Waals surface area contributed by atoms with E-state index in [1.807, 2.05) is 17.5 Å². The van der Waals surface area contributed by atoms with Crippen LogP contribution in [-0.4, -0.2) is 71.9 Å². The van der Waals surface area contributed by atoms with Gasteiger partial charge in [-0.2, -0.15) is 5.10 Å². The molecule has 0 spiro atoms. The molecule has 8 nitrogen and oxygen atoms in total. The summed E-state index contributed by atoms with van der Waals surface area (Å²) in [7, 11) is 1.76. The van der Waals surface area contributed by atoms with E-state index < -0.39 is 0 Å².